The Labute approximate surface area is 197 Å². The van der Waals surface area contributed by atoms with Gasteiger partial charge in [-0.3, -0.25) is 0 Å². The summed E-state index contributed by atoms with van der Waals surface area (Å²) in [5, 5.41) is 12.3. The second-order valence-corrected chi connectivity index (χ2v) is 7.00. The Balaban J connectivity index is 0.00000108. The second-order valence-electron chi connectivity index (χ2n) is 7.00. The first-order valence-corrected chi connectivity index (χ1v) is 10.2. The van der Waals surface area contributed by atoms with E-state index < -0.39 is 11.9 Å². The first-order chi connectivity index (χ1) is 16.8. The van der Waals surface area contributed by atoms with E-state index in [1.165, 1.54) is 6.20 Å². The molecule has 4 aromatic rings. The highest BCUT2D eigenvalue weighted by atomic mass is 19.4. The van der Waals surface area contributed by atoms with Crippen molar-refractivity contribution in [3.63, 3.8) is 0 Å². The maximum Gasteiger partial charge on any atom is 0.433 e. The van der Waals surface area contributed by atoms with Gasteiger partial charge in [0.05, 0.1) is 38.0 Å². The maximum atomic E-state index is 13.5. The SMILES string of the molecule is CCc1cnn(-c2ccc(-n3cc(-c4ccc(OC)c(OC)c4)nn3)cc2)c1C(F)(F)F.O=C=O. The minimum absolute atomic E-state index is 0.150. The van der Waals surface area contributed by atoms with Gasteiger partial charge in [-0.05, 0) is 48.9 Å². The van der Waals surface area contributed by atoms with Crippen LogP contribution in [0, 0.1) is 0 Å². The summed E-state index contributed by atoms with van der Waals surface area (Å²) >= 11 is 0. The Morgan fingerprint density at radius 1 is 0.971 bits per heavy atom. The molecule has 9 nitrogen and oxygen atoms in total. The number of ether oxygens (including phenoxy) is 2. The van der Waals surface area contributed by atoms with Crippen LogP contribution in [0.2, 0.25) is 0 Å². The van der Waals surface area contributed by atoms with Crippen molar-refractivity contribution in [2.75, 3.05) is 14.2 Å². The molecule has 0 fully saturated rings. The number of hydrogen-bond donors (Lipinski definition) is 0. The molecule has 0 saturated heterocycles. The quantitative estimate of drug-likeness (QED) is 0.403. The Morgan fingerprint density at radius 3 is 2.17 bits per heavy atom. The van der Waals surface area contributed by atoms with Gasteiger partial charge in [-0.2, -0.15) is 27.9 Å². The van der Waals surface area contributed by atoms with Crippen molar-refractivity contribution in [3.8, 4) is 34.1 Å². The molecule has 0 amide bonds. The molecule has 0 N–H and O–H groups in total. The van der Waals surface area contributed by atoms with Gasteiger partial charge in [0, 0.05) is 11.1 Å². The average Bonchev–Trinajstić information content (AvgIpc) is 3.52. The summed E-state index contributed by atoms with van der Waals surface area (Å²) in [4.78, 5) is 16.2. The third-order valence-electron chi connectivity index (χ3n) is 5.03. The summed E-state index contributed by atoms with van der Waals surface area (Å²) in [7, 11) is 3.11. The van der Waals surface area contributed by atoms with Crippen LogP contribution in [0.1, 0.15) is 18.2 Å². The topological polar surface area (TPSA) is 101 Å². The van der Waals surface area contributed by atoms with Crippen LogP contribution in [0.3, 0.4) is 0 Å². The van der Waals surface area contributed by atoms with Crippen LogP contribution in [0.25, 0.3) is 22.6 Å². The summed E-state index contributed by atoms with van der Waals surface area (Å²) in [5.41, 5.74) is 1.73. The van der Waals surface area contributed by atoms with Crippen molar-refractivity contribution in [1.29, 1.82) is 0 Å². The monoisotopic (exact) mass is 487 g/mol. The zero-order valence-electron chi connectivity index (χ0n) is 18.9. The summed E-state index contributed by atoms with van der Waals surface area (Å²) in [5.74, 6) is 1.16. The zero-order chi connectivity index (χ0) is 25.6. The Kier molecular flexibility index (Phi) is 7.67. The van der Waals surface area contributed by atoms with E-state index in [4.69, 9.17) is 19.1 Å². The fourth-order valence-electron chi connectivity index (χ4n) is 3.40. The highest BCUT2D eigenvalue weighted by Gasteiger charge is 2.38. The van der Waals surface area contributed by atoms with E-state index in [1.807, 2.05) is 6.07 Å². The number of carbonyl (C=O) groups excluding carboxylic acids is 2. The van der Waals surface area contributed by atoms with E-state index in [0.717, 1.165) is 10.2 Å². The van der Waals surface area contributed by atoms with E-state index in [2.05, 4.69) is 15.4 Å². The highest BCUT2D eigenvalue weighted by Crippen LogP contribution is 2.34. The molecule has 0 unspecified atom stereocenters. The molecule has 182 valence electrons. The van der Waals surface area contributed by atoms with Gasteiger partial charge in [0.1, 0.15) is 5.69 Å². The lowest BCUT2D eigenvalue weighted by atomic mass is 10.1. The molecular formula is C23H20F3N5O4. The Bertz CT molecular complexity index is 1320. The van der Waals surface area contributed by atoms with Crippen LogP contribution >= 0.6 is 0 Å². The summed E-state index contributed by atoms with van der Waals surface area (Å²) in [6.45, 7) is 1.67. The molecule has 35 heavy (non-hydrogen) atoms. The number of nitrogens with zero attached hydrogens (tertiary/aromatic N) is 5. The van der Waals surface area contributed by atoms with Crippen LogP contribution < -0.4 is 9.47 Å². The first-order valence-electron chi connectivity index (χ1n) is 10.2. The lowest BCUT2D eigenvalue weighted by Gasteiger charge is -2.12. The van der Waals surface area contributed by atoms with Gasteiger partial charge in [-0.25, -0.2) is 9.36 Å². The number of aromatic nitrogens is 5. The molecule has 0 saturated carbocycles. The number of alkyl halides is 3. The minimum Gasteiger partial charge on any atom is -0.493 e. The van der Waals surface area contributed by atoms with Crippen LogP contribution in [-0.2, 0) is 22.2 Å². The van der Waals surface area contributed by atoms with Crippen LogP contribution in [0.4, 0.5) is 13.2 Å². The molecule has 0 aliphatic carbocycles. The smallest absolute Gasteiger partial charge is 0.433 e. The van der Waals surface area contributed by atoms with Gasteiger partial charge in [-0.15, -0.1) is 5.10 Å². The third kappa shape index (κ3) is 5.39. The number of benzene rings is 2. The first kappa shape index (κ1) is 25.2. The molecular weight excluding hydrogens is 467 g/mol. The molecule has 4 rings (SSSR count). The summed E-state index contributed by atoms with van der Waals surface area (Å²) < 4.78 is 53.6. The van der Waals surface area contributed by atoms with Gasteiger partial charge in [-0.1, -0.05) is 12.1 Å². The number of aryl methyl sites for hydroxylation is 1. The van der Waals surface area contributed by atoms with E-state index >= 15 is 0 Å². The molecule has 0 atom stereocenters. The highest BCUT2D eigenvalue weighted by molar-refractivity contribution is 5.63. The summed E-state index contributed by atoms with van der Waals surface area (Å²) in [6.07, 6.45) is -1.03. The van der Waals surface area contributed by atoms with Gasteiger partial charge >= 0.3 is 12.3 Å². The van der Waals surface area contributed by atoms with Crippen molar-refractivity contribution in [1.82, 2.24) is 24.8 Å². The molecule has 0 aliphatic heterocycles. The molecule has 12 heteroatoms. The molecule has 0 bridgehead atoms. The normalized spacial score (nSPS) is 10.8. The van der Waals surface area contributed by atoms with Crippen molar-refractivity contribution in [2.24, 2.45) is 0 Å². The standard InChI is InChI=1S/C22H20F3N5O2.CO2/c1-4-14-12-26-30(21(14)22(23,24)25)17-8-6-16(7-9-17)29-13-18(27-28-29)15-5-10-19(31-2)20(11-15)32-3;2-1-3/h5-13H,4H2,1-3H3;. The number of hydrogen-bond acceptors (Lipinski definition) is 7. The van der Waals surface area contributed by atoms with Crippen molar-refractivity contribution < 1.29 is 32.2 Å². The molecule has 0 radical (unpaired) electrons. The van der Waals surface area contributed by atoms with Crippen LogP contribution in [-0.4, -0.2) is 45.1 Å². The van der Waals surface area contributed by atoms with E-state index in [1.54, 1.807) is 68.4 Å². The van der Waals surface area contributed by atoms with E-state index in [0.29, 0.717) is 28.6 Å². The zero-order valence-corrected chi connectivity index (χ0v) is 18.9. The van der Waals surface area contributed by atoms with Crippen molar-refractivity contribution in [3.05, 3.63) is 66.1 Å². The van der Waals surface area contributed by atoms with Gasteiger partial charge in [0.25, 0.3) is 0 Å². The number of halogens is 3. The van der Waals surface area contributed by atoms with Gasteiger partial charge in [0.15, 0.2) is 17.2 Å². The Hall–Kier alpha value is -4.44. The maximum absolute atomic E-state index is 13.5. The van der Waals surface area contributed by atoms with Crippen LogP contribution in [0.5, 0.6) is 11.5 Å². The molecule has 2 aromatic heterocycles. The van der Waals surface area contributed by atoms with E-state index in [9.17, 15) is 13.2 Å². The minimum atomic E-state index is -4.50. The number of methoxy groups -OCH3 is 2. The molecule has 2 aromatic carbocycles. The van der Waals surface area contributed by atoms with E-state index in [-0.39, 0.29) is 18.1 Å². The van der Waals surface area contributed by atoms with Gasteiger partial charge < -0.3 is 9.47 Å². The molecule has 2 heterocycles. The third-order valence-corrected chi connectivity index (χ3v) is 5.03. The van der Waals surface area contributed by atoms with Crippen molar-refractivity contribution >= 4 is 6.15 Å². The van der Waals surface area contributed by atoms with Crippen molar-refractivity contribution in [2.45, 2.75) is 19.5 Å². The van der Waals surface area contributed by atoms with Crippen LogP contribution in [0.15, 0.2) is 54.9 Å². The summed E-state index contributed by atoms with van der Waals surface area (Å²) in [6, 6.07) is 11.8. The molecule has 0 spiro atoms. The fraction of sp³-hybridized carbons (Fsp3) is 0.217. The fourth-order valence-corrected chi connectivity index (χ4v) is 3.40. The predicted octanol–water partition coefficient (Wildman–Crippen LogP) is 4.13. The van der Waals surface area contributed by atoms with Gasteiger partial charge in [0.2, 0.25) is 0 Å². The predicted molar refractivity (Wildman–Crippen MR) is 116 cm³/mol. The lowest BCUT2D eigenvalue weighted by molar-refractivity contribution is -0.191. The lowest BCUT2D eigenvalue weighted by Crippen LogP contribution is -2.15. The number of rotatable bonds is 6. The average molecular weight is 487 g/mol. The second kappa shape index (κ2) is 10.7. The largest absolute Gasteiger partial charge is 0.493 e. The molecule has 0 aliphatic rings. The Morgan fingerprint density at radius 2 is 1.60 bits per heavy atom.